The average Bonchev–Trinajstić information content (AvgIpc) is 3.29. The van der Waals surface area contributed by atoms with E-state index in [2.05, 4.69) is 9.97 Å². The molecule has 2 saturated heterocycles. The molecule has 25 heavy (non-hydrogen) atoms. The van der Waals surface area contributed by atoms with E-state index in [-0.39, 0.29) is 23.8 Å². The third kappa shape index (κ3) is 3.29. The molecule has 1 aromatic heterocycles. The Hall–Kier alpha value is -1.89. The standard InChI is InChI=1S/C18H26N4O3/c23-15-7-14(8-15)17(24)22-6-3-13(10-22)12-1-4-21(5-2-12)18(25)16-9-19-11-20-16/h9,11-15,23H,1-8,10H2,(H,19,20). The van der Waals surface area contributed by atoms with Gasteiger partial charge < -0.3 is 19.9 Å². The molecule has 0 aromatic carbocycles. The number of hydrogen-bond acceptors (Lipinski definition) is 4. The Morgan fingerprint density at radius 3 is 2.40 bits per heavy atom. The minimum absolute atomic E-state index is 0.0303. The first kappa shape index (κ1) is 16.6. The first-order valence-electron chi connectivity index (χ1n) is 9.36. The minimum atomic E-state index is -0.274. The number of piperidine rings is 1. The van der Waals surface area contributed by atoms with Crippen LogP contribution in [0.15, 0.2) is 12.5 Å². The van der Waals surface area contributed by atoms with Crippen molar-refractivity contribution in [3.8, 4) is 0 Å². The molecule has 0 radical (unpaired) electrons. The van der Waals surface area contributed by atoms with Crippen LogP contribution in [0.25, 0.3) is 0 Å². The molecule has 2 aliphatic heterocycles. The maximum atomic E-state index is 12.4. The van der Waals surface area contributed by atoms with Gasteiger partial charge in [-0.05, 0) is 43.9 Å². The van der Waals surface area contributed by atoms with Gasteiger partial charge in [0.05, 0.1) is 18.6 Å². The number of H-pyrrole nitrogens is 1. The van der Waals surface area contributed by atoms with E-state index in [0.717, 1.165) is 45.4 Å². The number of hydrogen-bond donors (Lipinski definition) is 2. The zero-order chi connectivity index (χ0) is 17.4. The molecule has 1 aromatic rings. The van der Waals surface area contributed by atoms with Crippen molar-refractivity contribution in [2.45, 2.75) is 38.2 Å². The van der Waals surface area contributed by atoms with Gasteiger partial charge in [0, 0.05) is 32.1 Å². The van der Waals surface area contributed by atoms with Gasteiger partial charge in [-0.2, -0.15) is 0 Å². The molecule has 1 unspecified atom stereocenters. The van der Waals surface area contributed by atoms with Crippen LogP contribution in [0.1, 0.15) is 42.6 Å². The molecule has 0 spiro atoms. The van der Waals surface area contributed by atoms with Gasteiger partial charge in [0.15, 0.2) is 0 Å². The fraction of sp³-hybridized carbons (Fsp3) is 0.722. The highest BCUT2D eigenvalue weighted by molar-refractivity contribution is 5.92. The van der Waals surface area contributed by atoms with Gasteiger partial charge in [-0.25, -0.2) is 4.98 Å². The number of aliphatic hydroxyl groups excluding tert-OH is 1. The molecule has 3 aliphatic rings. The lowest BCUT2D eigenvalue weighted by Gasteiger charge is -2.35. The first-order valence-corrected chi connectivity index (χ1v) is 9.36. The molecular formula is C18H26N4O3. The van der Waals surface area contributed by atoms with Crippen LogP contribution in [-0.4, -0.2) is 69.0 Å². The monoisotopic (exact) mass is 346 g/mol. The lowest BCUT2D eigenvalue weighted by Crippen LogP contribution is -2.43. The fourth-order valence-corrected chi connectivity index (χ4v) is 4.54. The lowest BCUT2D eigenvalue weighted by molar-refractivity contribution is -0.141. The highest BCUT2D eigenvalue weighted by Crippen LogP contribution is 2.35. The van der Waals surface area contributed by atoms with Gasteiger partial charge in [-0.1, -0.05) is 0 Å². The van der Waals surface area contributed by atoms with Crippen LogP contribution in [0, 0.1) is 17.8 Å². The maximum absolute atomic E-state index is 12.4. The smallest absolute Gasteiger partial charge is 0.271 e. The Morgan fingerprint density at radius 1 is 1.08 bits per heavy atom. The summed E-state index contributed by atoms with van der Waals surface area (Å²) in [7, 11) is 0. The predicted molar refractivity (Wildman–Crippen MR) is 90.6 cm³/mol. The van der Waals surface area contributed by atoms with E-state index in [4.69, 9.17) is 0 Å². The molecule has 0 bridgehead atoms. The van der Waals surface area contributed by atoms with Crippen LogP contribution < -0.4 is 0 Å². The number of carbonyl (C=O) groups is 2. The van der Waals surface area contributed by atoms with Crippen LogP contribution in [-0.2, 0) is 4.79 Å². The van der Waals surface area contributed by atoms with Crippen LogP contribution in [0.5, 0.6) is 0 Å². The summed E-state index contributed by atoms with van der Waals surface area (Å²) in [6, 6.07) is 0. The summed E-state index contributed by atoms with van der Waals surface area (Å²) in [6.45, 7) is 3.26. The number of amides is 2. The molecule has 2 amide bonds. The Labute approximate surface area is 147 Å². The molecular weight excluding hydrogens is 320 g/mol. The molecule has 136 valence electrons. The molecule has 3 heterocycles. The number of aromatic amines is 1. The van der Waals surface area contributed by atoms with Crippen molar-refractivity contribution >= 4 is 11.8 Å². The second kappa shape index (κ2) is 6.78. The second-order valence-corrected chi connectivity index (χ2v) is 7.75. The molecule has 2 N–H and O–H groups in total. The molecule has 1 atom stereocenters. The SMILES string of the molecule is O=C(c1cnc[nH]1)N1CCC(C2CCN(C(=O)C3CC(O)C3)C2)CC1. The Morgan fingerprint density at radius 2 is 1.76 bits per heavy atom. The van der Waals surface area contributed by atoms with Crippen molar-refractivity contribution in [3.05, 3.63) is 18.2 Å². The highest BCUT2D eigenvalue weighted by Gasteiger charge is 2.40. The molecule has 7 heteroatoms. The summed E-state index contributed by atoms with van der Waals surface area (Å²) in [5.41, 5.74) is 0.554. The van der Waals surface area contributed by atoms with Crippen molar-refractivity contribution in [1.82, 2.24) is 19.8 Å². The van der Waals surface area contributed by atoms with Gasteiger partial charge >= 0.3 is 0 Å². The van der Waals surface area contributed by atoms with E-state index < -0.39 is 0 Å². The Bertz CT molecular complexity index is 618. The third-order valence-electron chi connectivity index (χ3n) is 6.22. The molecule has 1 saturated carbocycles. The van der Waals surface area contributed by atoms with E-state index in [0.29, 0.717) is 30.4 Å². The van der Waals surface area contributed by atoms with Gasteiger partial charge in [0.1, 0.15) is 5.69 Å². The number of aromatic nitrogens is 2. The maximum Gasteiger partial charge on any atom is 0.271 e. The molecule has 4 rings (SSSR count). The number of rotatable bonds is 3. The number of nitrogens with one attached hydrogen (secondary N) is 1. The zero-order valence-corrected chi connectivity index (χ0v) is 14.4. The Balaban J connectivity index is 1.26. The van der Waals surface area contributed by atoms with Crippen LogP contribution in [0.2, 0.25) is 0 Å². The quantitative estimate of drug-likeness (QED) is 0.850. The van der Waals surface area contributed by atoms with E-state index in [9.17, 15) is 14.7 Å². The number of likely N-dealkylation sites (tertiary alicyclic amines) is 2. The van der Waals surface area contributed by atoms with Crippen molar-refractivity contribution in [2.24, 2.45) is 17.8 Å². The first-order chi connectivity index (χ1) is 12.1. The lowest BCUT2D eigenvalue weighted by atomic mass is 9.81. The average molecular weight is 346 g/mol. The summed E-state index contributed by atoms with van der Waals surface area (Å²) >= 11 is 0. The van der Waals surface area contributed by atoms with Gasteiger partial charge in [-0.15, -0.1) is 0 Å². The molecule has 7 nitrogen and oxygen atoms in total. The number of imidazole rings is 1. The van der Waals surface area contributed by atoms with E-state index in [1.165, 1.54) is 6.33 Å². The highest BCUT2D eigenvalue weighted by atomic mass is 16.3. The van der Waals surface area contributed by atoms with Crippen LogP contribution in [0.4, 0.5) is 0 Å². The normalized spacial score (nSPS) is 30.4. The third-order valence-corrected chi connectivity index (χ3v) is 6.22. The summed E-state index contributed by atoms with van der Waals surface area (Å²) < 4.78 is 0. The van der Waals surface area contributed by atoms with Crippen LogP contribution in [0.3, 0.4) is 0 Å². The summed E-state index contributed by atoms with van der Waals surface area (Å²) in [5, 5.41) is 9.39. The topological polar surface area (TPSA) is 89.5 Å². The van der Waals surface area contributed by atoms with Gasteiger partial charge in [-0.3, -0.25) is 9.59 Å². The van der Waals surface area contributed by atoms with Crippen molar-refractivity contribution < 1.29 is 14.7 Å². The van der Waals surface area contributed by atoms with Crippen molar-refractivity contribution in [1.29, 1.82) is 0 Å². The summed E-state index contributed by atoms with van der Waals surface area (Å²) in [6.07, 6.45) is 7.19. The largest absolute Gasteiger partial charge is 0.393 e. The van der Waals surface area contributed by atoms with E-state index in [1.54, 1.807) is 6.20 Å². The number of aliphatic hydroxyl groups is 1. The van der Waals surface area contributed by atoms with Gasteiger partial charge in [0.25, 0.3) is 5.91 Å². The molecule has 1 aliphatic carbocycles. The zero-order valence-electron chi connectivity index (χ0n) is 14.4. The predicted octanol–water partition coefficient (Wildman–Crippen LogP) is 0.881. The van der Waals surface area contributed by atoms with E-state index >= 15 is 0 Å². The Kier molecular flexibility index (Phi) is 4.50. The van der Waals surface area contributed by atoms with Crippen molar-refractivity contribution in [2.75, 3.05) is 26.2 Å². The van der Waals surface area contributed by atoms with Gasteiger partial charge in [0.2, 0.25) is 5.91 Å². The van der Waals surface area contributed by atoms with Crippen molar-refractivity contribution in [3.63, 3.8) is 0 Å². The number of nitrogens with zero attached hydrogens (tertiary/aromatic N) is 3. The van der Waals surface area contributed by atoms with E-state index in [1.807, 2.05) is 9.80 Å². The summed E-state index contributed by atoms with van der Waals surface area (Å²) in [5.74, 6) is 1.46. The number of carbonyl (C=O) groups excluding carboxylic acids is 2. The molecule has 3 fully saturated rings. The summed E-state index contributed by atoms with van der Waals surface area (Å²) in [4.78, 5) is 35.5. The minimum Gasteiger partial charge on any atom is -0.393 e. The fourth-order valence-electron chi connectivity index (χ4n) is 4.54. The second-order valence-electron chi connectivity index (χ2n) is 7.75. The van der Waals surface area contributed by atoms with Crippen LogP contribution >= 0.6 is 0 Å².